The number of rotatable bonds is 5. The van der Waals surface area contributed by atoms with Crippen molar-refractivity contribution in [3.05, 3.63) is 52.9 Å². The summed E-state index contributed by atoms with van der Waals surface area (Å²) in [5.74, 6) is -0.406. The van der Waals surface area contributed by atoms with E-state index in [0.29, 0.717) is 10.9 Å². The maximum atomic E-state index is 12.3. The Labute approximate surface area is 148 Å². The molecular formula is C17H11F5N2O3. The molecule has 0 spiro atoms. The van der Waals surface area contributed by atoms with Crippen molar-refractivity contribution in [3.63, 3.8) is 0 Å². The van der Waals surface area contributed by atoms with Crippen LogP contribution in [0.15, 0.2) is 47.4 Å². The van der Waals surface area contributed by atoms with Gasteiger partial charge in [-0.15, -0.1) is 0 Å². The molecule has 10 heteroatoms. The number of nitrogens with one attached hydrogen (secondary N) is 1. The van der Waals surface area contributed by atoms with Crippen LogP contribution in [0.25, 0.3) is 22.0 Å². The number of aromatic amines is 1. The van der Waals surface area contributed by atoms with Crippen LogP contribution in [0.5, 0.6) is 11.6 Å². The Bertz CT molecular complexity index is 1000. The molecule has 0 atom stereocenters. The Morgan fingerprint density at radius 1 is 1.07 bits per heavy atom. The van der Waals surface area contributed by atoms with Gasteiger partial charge in [0, 0.05) is 17.6 Å². The summed E-state index contributed by atoms with van der Waals surface area (Å²) in [6, 6.07) is 7.91. The van der Waals surface area contributed by atoms with Crippen molar-refractivity contribution in [2.24, 2.45) is 0 Å². The van der Waals surface area contributed by atoms with E-state index >= 15 is 0 Å². The van der Waals surface area contributed by atoms with Gasteiger partial charge in [0.05, 0.1) is 11.1 Å². The van der Waals surface area contributed by atoms with Crippen molar-refractivity contribution in [3.8, 4) is 22.8 Å². The summed E-state index contributed by atoms with van der Waals surface area (Å²) in [5.41, 5.74) is -0.0519. The van der Waals surface area contributed by atoms with Crippen LogP contribution in [-0.2, 0) is 0 Å². The highest BCUT2D eigenvalue weighted by atomic mass is 19.4. The number of H-pyrrole nitrogens is 1. The lowest BCUT2D eigenvalue weighted by molar-refractivity contribution is -0.154. The van der Waals surface area contributed by atoms with Crippen molar-refractivity contribution < 1.29 is 31.4 Å². The zero-order valence-electron chi connectivity index (χ0n) is 13.4. The van der Waals surface area contributed by atoms with Crippen LogP contribution in [0.1, 0.15) is 0 Å². The van der Waals surface area contributed by atoms with E-state index in [2.05, 4.69) is 19.4 Å². The molecule has 0 aliphatic rings. The first kappa shape index (κ1) is 18.6. The Kier molecular flexibility index (Phi) is 4.98. The minimum atomic E-state index is -4.53. The second kappa shape index (κ2) is 7.22. The average molecular weight is 386 g/mol. The van der Waals surface area contributed by atoms with Crippen molar-refractivity contribution in [1.29, 1.82) is 0 Å². The fraction of sp³-hybridized carbons (Fsp3) is 0.176. The zero-order valence-corrected chi connectivity index (χ0v) is 13.4. The summed E-state index contributed by atoms with van der Waals surface area (Å²) < 4.78 is 70.3. The van der Waals surface area contributed by atoms with Crippen LogP contribution in [0.2, 0.25) is 0 Å². The first-order valence-electron chi connectivity index (χ1n) is 7.50. The number of nitrogens with zero attached hydrogens (tertiary/aromatic N) is 1. The fourth-order valence-electron chi connectivity index (χ4n) is 2.40. The van der Waals surface area contributed by atoms with Gasteiger partial charge < -0.3 is 14.5 Å². The fourth-order valence-corrected chi connectivity index (χ4v) is 2.40. The minimum absolute atomic E-state index is 0.0635. The Balaban J connectivity index is 2.03. The lowest BCUT2D eigenvalue weighted by Crippen LogP contribution is -2.19. The Morgan fingerprint density at radius 2 is 1.78 bits per heavy atom. The zero-order chi connectivity index (χ0) is 19.6. The molecule has 2 heterocycles. The number of hydrogen-bond donors (Lipinski definition) is 1. The predicted octanol–water partition coefficient (Wildman–Crippen LogP) is 4.13. The second-order valence-corrected chi connectivity index (χ2v) is 5.39. The van der Waals surface area contributed by atoms with Gasteiger partial charge in [-0.1, -0.05) is 12.1 Å². The molecule has 5 nitrogen and oxygen atoms in total. The Morgan fingerprint density at radius 3 is 2.41 bits per heavy atom. The molecule has 142 valence electrons. The summed E-state index contributed by atoms with van der Waals surface area (Å²) in [4.78, 5) is 18.7. The molecule has 1 aromatic carbocycles. The number of pyridine rings is 2. The number of fused-ring (bicyclic) bond motifs is 1. The highest BCUT2D eigenvalue weighted by Gasteiger charge is 2.28. The quantitative estimate of drug-likeness (QED) is 0.670. The van der Waals surface area contributed by atoms with Gasteiger partial charge in [-0.2, -0.15) is 22.0 Å². The maximum absolute atomic E-state index is 12.3. The molecule has 0 unspecified atom stereocenters. The molecule has 0 amide bonds. The van der Waals surface area contributed by atoms with Gasteiger partial charge in [-0.3, -0.25) is 4.79 Å². The first-order chi connectivity index (χ1) is 12.7. The van der Waals surface area contributed by atoms with E-state index in [1.54, 1.807) is 0 Å². The van der Waals surface area contributed by atoms with E-state index in [9.17, 15) is 26.7 Å². The lowest BCUT2D eigenvalue weighted by atomic mass is 10.0. The molecule has 3 aromatic rings. The van der Waals surface area contributed by atoms with Crippen LogP contribution >= 0.6 is 0 Å². The van der Waals surface area contributed by atoms with E-state index in [0.717, 1.165) is 0 Å². The van der Waals surface area contributed by atoms with E-state index in [4.69, 9.17) is 0 Å². The van der Waals surface area contributed by atoms with Crippen molar-refractivity contribution in [1.82, 2.24) is 9.97 Å². The lowest BCUT2D eigenvalue weighted by Gasteiger charge is -2.11. The molecular weight excluding hydrogens is 375 g/mol. The van der Waals surface area contributed by atoms with E-state index in [1.807, 2.05) is 0 Å². The van der Waals surface area contributed by atoms with Gasteiger partial charge in [0.2, 0.25) is 5.88 Å². The molecule has 27 heavy (non-hydrogen) atoms. The number of ether oxygens (including phenoxy) is 2. The van der Waals surface area contributed by atoms with E-state index in [-0.39, 0.29) is 22.7 Å². The SMILES string of the molecule is O=c1[nH]cc2ccc(OCC(F)(F)F)nc2c1-c1ccc(OC(F)F)cc1. The van der Waals surface area contributed by atoms with Crippen LogP contribution in [0.3, 0.4) is 0 Å². The topological polar surface area (TPSA) is 64.2 Å². The third kappa shape index (κ3) is 4.52. The molecule has 0 bridgehead atoms. The number of aromatic nitrogens is 2. The smallest absolute Gasteiger partial charge is 0.422 e. The van der Waals surface area contributed by atoms with Crippen molar-refractivity contribution >= 4 is 10.9 Å². The summed E-state index contributed by atoms with van der Waals surface area (Å²) in [6.45, 7) is -4.52. The minimum Gasteiger partial charge on any atom is -0.468 e. The molecule has 0 saturated carbocycles. The highest BCUT2D eigenvalue weighted by molar-refractivity contribution is 5.92. The second-order valence-electron chi connectivity index (χ2n) is 5.39. The summed E-state index contributed by atoms with van der Waals surface area (Å²) >= 11 is 0. The standard InChI is InChI=1S/C17H11F5N2O3/c18-16(19)27-11-4-1-9(2-5-11)13-14-10(7-23-15(13)25)3-6-12(24-14)26-8-17(20,21)22/h1-7,16H,8H2,(H,23,25). The van der Waals surface area contributed by atoms with E-state index < -0.39 is 25.0 Å². The van der Waals surface area contributed by atoms with Crippen molar-refractivity contribution in [2.45, 2.75) is 12.8 Å². The Hall–Kier alpha value is -3.17. The van der Waals surface area contributed by atoms with Gasteiger partial charge >= 0.3 is 12.8 Å². The molecule has 0 radical (unpaired) electrons. The highest BCUT2D eigenvalue weighted by Crippen LogP contribution is 2.28. The molecule has 0 fully saturated rings. The van der Waals surface area contributed by atoms with Crippen molar-refractivity contribution in [2.75, 3.05) is 6.61 Å². The van der Waals surface area contributed by atoms with Crippen LogP contribution in [0, 0.1) is 0 Å². The maximum Gasteiger partial charge on any atom is 0.422 e. The van der Waals surface area contributed by atoms with Gasteiger partial charge in [0.25, 0.3) is 5.56 Å². The molecule has 0 aliphatic carbocycles. The monoisotopic (exact) mass is 386 g/mol. The van der Waals surface area contributed by atoms with E-state index in [1.165, 1.54) is 42.6 Å². The van der Waals surface area contributed by atoms with Gasteiger partial charge in [0.15, 0.2) is 6.61 Å². The predicted molar refractivity (Wildman–Crippen MR) is 86.0 cm³/mol. The number of benzene rings is 1. The normalized spacial score (nSPS) is 11.8. The summed E-state index contributed by atoms with van der Waals surface area (Å²) in [6.07, 6.45) is -3.18. The number of hydrogen-bond acceptors (Lipinski definition) is 4. The number of alkyl halides is 5. The molecule has 0 aliphatic heterocycles. The molecule has 2 aromatic heterocycles. The molecule has 1 N–H and O–H groups in total. The van der Waals surface area contributed by atoms with Crippen LogP contribution in [-0.4, -0.2) is 29.4 Å². The third-order valence-electron chi connectivity index (χ3n) is 3.48. The van der Waals surface area contributed by atoms with Crippen LogP contribution in [0.4, 0.5) is 22.0 Å². The number of halogens is 5. The van der Waals surface area contributed by atoms with Crippen LogP contribution < -0.4 is 15.0 Å². The molecule has 0 saturated heterocycles. The third-order valence-corrected chi connectivity index (χ3v) is 3.48. The largest absolute Gasteiger partial charge is 0.468 e. The summed E-state index contributed by atoms with van der Waals surface area (Å²) in [7, 11) is 0. The molecule has 3 rings (SSSR count). The van der Waals surface area contributed by atoms with Gasteiger partial charge in [-0.05, 0) is 23.8 Å². The van der Waals surface area contributed by atoms with Gasteiger partial charge in [-0.25, -0.2) is 4.98 Å². The van der Waals surface area contributed by atoms with Gasteiger partial charge in [0.1, 0.15) is 5.75 Å². The first-order valence-corrected chi connectivity index (χ1v) is 7.50. The summed E-state index contributed by atoms with van der Waals surface area (Å²) in [5, 5.41) is 0.455. The average Bonchev–Trinajstić information content (AvgIpc) is 2.59.